The molecule has 0 aromatic rings. The number of carbonyl (C=O) groups excluding carboxylic acids is 1. The lowest BCUT2D eigenvalue weighted by Crippen LogP contribution is -2.56. The van der Waals surface area contributed by atoms with Gasteiger partial charge >= 0.3 is 5.91 Å². The standard InChI is InChI=1S/C10H20NO4/c1-11(5-3-4-9(11)13)10(8-14-2)15-7-6-12/h10,12H,3-8H2,1-2H3/q+1. The molecule has 2 atom stereocenters. The van der Waals surface area contributed by atoms with Gasteiger partial charge in [-0.1, -0.05) is 0 Å². The summed E-state index contributed by atoms with van der Waals surface area (Å²) in [4.78, 5) is 11.7. The summed E-state index contributed by atoms with van der Waals surface area (Å²) < 4.78 is 10.8. The Morgan fingerprint density at radius 1 is 1.60 bits per heavy atom. The summed E-state index contributed by atoms with van der Waals surface area (Å²) >= 11 is 0. The van der Waals surface area contributed by atoms with E-state index in [1.807, 2.05) is 7.05 Å². The van der Waals surface area contributed by atoms with Gasteiger partial charge in [-0.05, 0) is 0 Å². The normalized spacial score (nSPS) is 28.3. The first kappa shape index (κ1) is 12.6. The van der Waals surface area contributed by atoms with E-state index in [1.54, 1.807) is 7.11 Å². The van der Waals surface area contributed by atoms with E-state index < -0.39 is 0 Å². The molecule has 0 aromatic carbocycles. The molecule has 0 aliphatic carbocycles. The van der Waals surface area contributed by atoms with Gasteiger partial charge in [-0.25, -0.2) is 9.28 Å². The number of aliphatic hydroxyl groups is 1. The number of carbonyl (C=O) groups is 1. The van der Waals surface area contributed by atoms with E-state index in [4.69, 9.17) is 14.6 Å². The van der Waals surface area contributed by atoms with E-state index in [0.717, 1.165) is 13.0 Å². The molecule has 1 rings (SSSR count). The van der Waals surface area contributed by atoms with Crippen molar-refractivity contribution in [3.63, 3.8) is 0 Å². The first-order chi connectivity index (χ1) is 7.15. The van der Waals surface area contributed by atoms with Crippen molar-refractivity contribution in [3.8, 4) is 0 Å². The molecule has 0 aromatic heterocycles. The highest BCUT2D eigenvalue weighted by Gasteiger charge is 2.44. The molecular weight excluding hydrogens is 198 g/mol. The Balaban J connectivity index is 2.64. The van der Waals surface area contributed by atoms with Gasteiger partial charge in [0.15, 0.2) is 0 Å². The topological polar surface area (TPSA) is 55.8 Å². The average Bonchev–Trinajstić information content (AvgIpc) is 2.55. The summed E-state index contributed by atoms with van der Waals surface area (Å²) in [7, 11) is 3.46. The SMILES string of the molecule is COCC(OCCO)[N+]1(C)CCCC1=O. The van der Waals surface area contributed by atoms with Crippen molar-refractivity contribution in [3.05, 3.63) is 0 Å². The van der Waals surface area contributed by atoms with Crippen LogP contribution < -0.4 is 0 Å². The molecule has 15 heavy (non-hydrogen) atoms. The van der Waals surface area contributed by atoms with E-state index in [0.29, 0.717) is 13.0 Å². The van der Waals surface area contributed by atoms with Crippen molar-refractivity contribution in [2.24, 2.45) is 0 Å². The molecule has 1 fully saturated rings. The molecule has 0 bridgehead atoms. The van der Waals surface area contributed by atoms with Crippen LogP contribution >= 0.6 is 0 Å². The number of aliphatic hydroxyl groups excluding tert-OH is 1. The number of amides is 1. The lowest BCUT2D eigenvalue weighted by Gasteiger charge is -2.34. The molecule has 1 saturated heterocycles. The minimum atomic E-state index is -0.294. The summed E-state index contributed by atoms with van der Waals surface area (Å²) in [6.45, 7) is 1.38. The quantitative estimate of drug-likeness (QED) is 0.624. The number of nitrogens with zero attached hydrogens (tertiary/aromatic N) is 1. The van der Waals surface area contributed by atoms with Crippen molar-refractivity contribution < 1.29 is 23.9 Å². The fourth-order valence-electron chi connectivity index (χ4n) is 1.95. The smallest absolute Gasteiger partial charge is 0.315 e. The first-order valence-electron chi connectivity index (χ1n) is 5.25. The molecule has 5 heteroatoms. The molecule has 0 saturated carbocycles. The summed E-state index contributed by atoms with van der Waals surface area (Å²) in [5, 5.41) is 8.72. The third-order valence-corrected chi connectivity index (χ3v) is 2.93. The monoisotopic (exact) mass is 218 g/mol. The Morgan fingerprint density at radius 2 is 2.33 bits per heavy atom. The van der Waals surface area contributed by atoms with Gasteiger partial charge in [-0.3, -0.25) is 0 Å². The molecule has 1 heterocycles. The van der Waals surface area contributed by atoms with Crippen LogP contribution in [0, 0.1) is 0 Å². The molecule has 1 N–H and O–H groups in total. The lowest BCUT2D eigenvalue weighted by atomic mass is 10.4. The van der Waals surface area contributed by atoms with E-state index >= 15 is 0 Å². The Labute approximate surface area is 90.2 Å². The van der Waals surface area contributed by atoms with Gasteiger partial charge in [0.2, 0.25) is 6.23 Å². The lowest BCUT2D eigenvalue weighted by molar-refractivity contribution is -0.878. The minimum Gasteiger partial charge on any atom is -0.394 e. The third-order valence-electron chi connectivity index (χ3n) is 2.93. The van der Waals surface area contributed by atoms with Crippen molar-refractivity contribution >= 4 is 5.91 Å². The number of hydrogen-bond acceptors (Lipinski definition) is 4. The molecular formula is C10H20NO4+. The Hall–Kier alpha value is -0.490. The highest BCUT2D eigenvalue weighted by molar-refractivity contribution is 5.70. The highest BCUT2D eigenvalue weighted by Crippen LogP contribution is 2.23. The second-order valence-corrected chi connectivity index (χ2v) is 3.99. The van der Waals surface area contributed by atoms with Crippen LogP contribution in [0.4, 0.5) is 0 Å². The maximum absolute atomic E-state index is 11.7. The van der Waals surface area contributed by atoms with Crippen LogP contribution in [-0.2, 0) is 14.3 Å². The van der Waals surface area contributed by atoms with Crippen molar-refractivity contribution in [1.29, 1.82) is 0 Å². The van der Waals surface area contributed by atoms with Crippen LogP contribution in [0.1, 0.15) is 12.8 Å². The summed E-state index contributed by atoms with van der Waals surface area (Å²) in [5.74, 6) is 0.190. The summed E-state index contributed by atoms with van der Waals surface area (Å²) in [6, 6.07) is 0. The van der Waals surface area contributed by atoms with E-state index in [9.17, 15) is 4.79 Å². The fourth-order valence-corrected chi connectivity index (χ4v) is 1.95. The van der Waals surface area contributed by atoms with Crippen LogP contribution in [0.25, 0.3) is 0 Å². The number of quaternary nitrogens is 1. The zero-order valence-corrected chi connectivity index (χ0v) is 9.44. The maximum Gasteiger partial charge on any atom is 0.315 e. The molecule has 1 aliphatic heterocycles. The van der Waals surface area contributed by atoms with Gasteiger partial charge in [-0.15, -0.1) is 0 Å². The minimum absolute atomic E-state index is 0.0333. The first-order valence-corrected chi connectivity index (χ1v) is 5.25. The van der Waals surface area contributed by atoms with Crippen LogP contribution in [0.2, 0.25) is 0 Å². The number of hydrogen-bond donors (Lipinski definition) is 1. The number of ether oxygens (including phenoxy) is 2. The van der Waals surface area contributed by atoms with Gasteiger partial charge in [0.1, 0.15) is 6.61 Å². The molecule has 88 valence electrons. The van der Waals surface area contributed by atoms with Gasteiger partial charge in [0.25, 0.3) is 0 Å². The summed E-state index contributed by atoms with van der Waals surface area (Å²) in [5.41, 5.74) is 0. The fraction of sp³-hybridized carbons (Fsp3) is 0.900. The second-order valence-electron chi connectivity index (χ2n) is 3.99. The molecule has 1 aliphatic rings. The molecule has 5 nitrogen and oxygen atoms in total. The van der Waals surface area contributed by atoms with Crippen LogP contribution in [-0.4, -0.2) is 62.2 Å². The predicted octanol–water partition coefficient (Wildman–Crippen LogP) is -0.265. The maximum atomic E-state index is 11.7. The predicted molar refractivity (Wildman–Crippen MR) is 54.0 cm³/mol. The summed E-state index contributed by atoms with van der Waals surface area (Å²) in [6.07, 6.45) is 1.22. The molecule has 0 spiro atoms. The van der Waals surface area contributed by atoms with E-state index in [1.165, 1.54) is 0 Å². The molecule has 2 unspecified atom stereocenters. The number of rotatable bonds is 6. The van der Waals surface area contributed by atoms with Crippen LogP contribution in [0.3, 0.4) is 0 Å². The third kappa shape index (κ3) is 2.75. The molecule has 1 amide bonds. The van der Waals surface area contributed by atoms with Crippen LogP contribution in [0.5, 0.6) is 0 Å². The Morgan fingerprint density at radius 3 is 2.80 bits per heavy atom. The van der Waals surface area contributed by atoms with E-state index in [2.05, 4.69) is 0 Å². The van der Waals surface area contributed by atoms with Crippen LogP contribution in [0.15, 0.2) is 0 Å². The number of likely N-dealkylation sites (N-methyl/N-ethyl adjacent to an activating group) is 1. The highest BCUT2D eigenvalue weighted by atomic mass is 16.5. The Kier molecular flexibility index (Phi) is 4.66. The van der Waals surface area contributed by atoms with Gasteiger partial charge in [0, 0.05) is 13.5 Å². The van der Waals surface area contributed by atoms with Crippen molar-refractivity contribution in [2.45, 2.75) is 19.1 Å². The Bertz CT molecular complexity index is 221. The average molecular weight is 218 g/mol. The number of methoxy groups -OCH3 is 1. The largest absolute Gasteiger partial charge is 0.394 e. The zero-order chi connectivity index (χ0) is 11.3. The molecule has 0 radical (unpaired) electrons. The van der Waals surface area contributed by atoms with Crippen molar-refractivity contribution in [2.75, 3.05) is 40.5 Å². The zero-order valence-electron chi connectivity index (χ0n) is 9.44. The van der Waals surface area contributed by atoms with Gasteiger partial charge in [0.05, 0.1) is 33.2 Å². The number of likely N-dealkylation sites (tertiary alicyclic amines) is 1. The second kappa shape index (κ2) is 5.55. The van der Waals surface area contributed by atoms with E-state index in [-0.39, 0.29) is 29.8 Å². The van der Waals surface area contributed by atoms with Gasteiger partial charge in [-0.2, -0.15) is 0 Å². The van der Waals surface area contributed by atoms with Crippen molar-refractivity contribution in [1.82, 2.24) is 0 Å². The van der Waals surface area contributed by atoms with Gasteiger partial charge < -0.3 is 14.6 Å².